The number of para-hydroxylation sites is 1. The molecule has 0 saturated carbocycles. The normalized spacial score (nSPS) is 13.1. The molecule has 1 heterocycles. The Kier molecular flexibility index (Phi) is 2.29. The van der Waals surface area contributed by atoms with Crippen molar-refractivity contribution in [3.8, 4) is 5.75 Å². The Morgan fingerprint density at radius 1 is 1.06 bits per heavy atom. The third-order valence-corrected chi connectivity index (χ3v) is 2.72. The highest BCUT2D eigenvalue weighted by atomic mass is 16.7. The van der Waals surface area contributed by atoms with E-state index < -0.39 is 0 Å². The van der Waals surface area contributed by atoms with Crippen molar-refractivity contribution in [2.24, 2.45) is 0 Å². The van der Waals surface area contributed by atoms with Gasteiger partial charge in [0.1, 0.15) is 0 Å². The highest BCUT2D eigenvalue weighted by molar-refractivity contribution is 5.81. The van der Waals surface area contributed by atoms with Gasteiger partial charge in [0.05, 0.1) is 5.56 Å². The van der Waals surface area contributed by atoms with Gasteiger partial charge in [0.25, 0.3) is 0 Å². The van der Waals surface area contributed by atoms with Crippen molar-refractivity contribution >= 4 is 11.9 Å². The Hall–Kier alpha value is -2.29. The van der Waals surface area contributed by atoms with Gasteiger partial charge in [-0.25, -0.2) is 0 Å². The second-order valence-electron chi connectivity index (χ2n) is 4.07. The molecule has 0 fully saturated rings. The molecule has 0 saturated heterocycles. The molecule has 3 rings (SSSR count). The maximum Gasteiger partial charge on any atom is 0.238 e. The van der Waals surface area contributed by atoms with E-state index in [0.717, 1.165) is 17.0 Å². The highest BCUT2D eigenvalue weighted by Gasteiger charge is 2.18. The molecular weight excluding hydrogens is 212 g/mol. The van der Waals surface area contributed by atoms with E-state index >= 15 is 0 Å². The molecule has 0 atom stereocenters. The number of nitrogens with zero attached hydrogens (tertiary/aromatic N) is 1. The Morgan fingerprint density at radius 2 is 1.94 bits per heavy atom. The van der Waals surface area contributed by atoms with E-state index in [2.05, 4.69) is 24.6 Å². The van der Waals surface area contributed by atoms with Crippen LogP contribution in [0.3, 0.4) is 0 Å². The lowest BCUT2D eigenvalue weighted by atomic mass is 10.2. The van der Waals surface area contributed by atoms with Crippen LogP contribution in [0.2, 0.25) is 0 Å². The molecule has 3 nitrogen and oxygen atoms in total. The van der Waals surface area contributed by atoms with Crippen molar-refractivity contribution in [1.82, 2.24) is 5.59 Å². The van der Waals surface area contributed by atoms with Crippen molar-refractivity contribution in [1.29, 1.82) is 0 Å². The van der Waals surface area contributed by atoms with E-state index in [1.165, 1.54) is 5.56 Å². The highest BCUT2D eigenvalue weighted by Crippen LogP contribution is 2.20. The van der Waals surface area contributed by atoms with Crippen LogP contribution in [0.4, 0.5) is 5.69 Å². The summed E-state index contributed by atoms with van der Waals surface area (Å²) in [6, 6.07) is 16.2. The molecule has 0 bridgehead atoms. The minimum Gasteiger partial charge on any atom is -0.333 e. The van der Waals surface area contributed by atoms with Crippen molar-refractivity contribution in [3.05, 3.63) is 59.7 Å². The van der Waals surface area contributed by atoms with Crippen LogP contribution in [0.15, 0.2) is 48.5 Å². The number of fused-ring (bicyclic) bond motifs is 1. The lowest BCUT2D eigenvalue weighted by molar-refractivity contribution is -0.557. The van der Waals surface area contributed by atoms with Gasteiger partial charge >= 0.3 is 0 Å². The van der Waals surface area contributed by atoms with Crippen LogP contribution in [0.5, 0.6) is 5.75 Å². The predicted molar refractivity (Wildman–Crippen MR) is 66.5 cm³/mol. The number of hydrazone groups is 1. The third kappa shape index (κ3) is 1.87. The molecule has 1 N–H and O–H groups in total. The Morgan fingerprint density at radius 3 is 2.82 bits per heavy atom. The summed E-state index contributed by atoms with van der Waals surface area (Å²) in [7, 11) is 0. The SMILES string of the molecule is Cc1cccc([N+]2=Cc3ccccc3ON2)c1. The van der Waals surface area contributed by atoms with E-state index in [1.54, 1.807) is 0 Å². The minimum atomic E-state index is 0.844. The largest absolute Gasteiger partial charge is 0.333 e. The van der Waals surface area contributed by atoms with E-state index in [4.69, 9.17) is 4.84 Å². The summed E-state index contributed by atoms with van der Waals surface area (Å²) < 4.78 is 1.87. The van der Waals surface area contributed by atoms with Gasteiger partial charge in [0, 0.05) is 12.1 Å². The first kappa shape index (κ1) is 9.90. The number of hydrogen-bond donors (Lipinski definition) is 1. The van der Waals surface area contributed by atoms with Crippen LogP contribution >= 0.6 is 0 Å². The molecule has 17 heavy (non-hydrogen) atoms. The van der Waals surface area contributed by atoms with E-state index in [1.807, 2.05) is 47.3 Å². The van der Waals surface area contributed by atoms with E-state index in [9.17, 15) is 0 Å². The second kappa shape index (κ2) is 3.94. The fourth-order valence-electron chi connectivity index (χ4n) is 1.85. The lowest BCUT2D eigenvalue weighted by Gasteiger charge is -2.12. The van der Waals surface area contributed by atoms with Gasteiger partial charge < -0.3 is 4.84 Å². The molecule has 0 aliphatic carbocycles. The first-order valence-electron chi connectivity index (χ1n) is 5.55. The quantitative estimate of drug-likeness (QED) is 0.754. The van der Waals surface area contributed by atoms with Crippen LogP contribution in [-0.2, 0) is 0 Å². The minimum absolute atomic E-state index is 0.844. The molecule has 1 aliphatic heterocycles. The molecule has 1 aliphatic rings. The van der Waals surface area contributed by atoms with Gasteiger partial charge in [-0.1, -0.05) is 24.3 Å². The lowest BCUT2D eigenvalue weighted by Crippen LogP contribution is -2.33. The van der Waals surface area contributed by atoms with Gasteiger partial charge in [0.2, 0.25) is 11.9 Å². The molecule has 0 spiro atoms. The summed E-state index contributed by atoms with van der Waals surface area (Å²) in [5.74, 6) is 0.844. The molecule has 0 radical (unpaired) electrons. The number of nitrogens with one attached hydrogen (secondary N) is 1. The zero-order valence-electron chi connectivity index (χ0n) is 9.55. The zero-order valence-corrected chi connectivity index (χ0v) is 9.55. The van der Waals surface area contributed by atoms with Crippen LogP contribution in [0.25, 0.3) is 0 Å². The number of benzene rings is 2. The van der Waals surface area contributed by atoms with Crippen molar-refractivity contribution in [2.75, 3.05) is 0 Å². The molecule has 3 heteroatoms. The summed E-state index contributed by atoms with van der Waals surface area (Å²) in [6.07, 6.45) is 2.02. The fourth-order valence-corrected chi connectivity index (χ4v) is 1.85. The predicted octanol–water partition coefficient (Wildman–Crippen LogP) is 2.57. The molecule has 0 unspecified atom stereocenters. The topological polar surface area (TPSA) is 24.3 Å². The van der Waals surface area contributed by atoms with Gasteiger partial charge in [-0.2, -0.15) is 0 Å². The first-order chi connectivity index (χ1) is 8.33. The molecule has 0 amide bonds. The summed E-state index contributed by atoms with van der Waals surface area (Å²) >= 11 is 0. The van der Waals surface area contributed by atoms with Gasteiger partial charge in [0.15, 0.2) is 5.75 Å². The Balaban J connectivity index is 2.04. The maximum atomic E-state index is 5.48. The smallest absolute Gasteiger partial charge is 0.238 e. The van der Waals surface area contributed by atoms with Crippen LogP contribution < -0.4 is 10.4 Å². The van der Waals surface area contributed by atoms with E-state index in [0.29, 0.717) is 0 Å². The summed E-state index contributed by atoms with van der Waals surface area (Å²) in [5, 5.41) is 0. The third-order valence-electron chi connectivity index (χ3n) is 2.72. The maximum absolute atomic E-state index is 5.48. The summed E-state index contributed by atoms with van der Waals surface area (Å²) in [4.78, 5) is 5.48. The molecule has 2 aromatic carbocycles. The molecule has 2 aromatic rings. The van der Waals surface area contributed by atoms with E-state index in [-0.39, 0.29) is 0 Å². The molecular formula is C14H13N2O+. The monoisotopic (exact) mass is 225 g/mol. The standard InChI is InChI=1S/C14H13N2O/c1-11-5-4-7-13(9-11)16-10-12-6-2-3-8-14(12)17-15-16/h2-10,15H,1H3/q+1. The number of hydrazine groups is 1. The number of aryl methyl sites for hydroxylation is 1. The summed E-state index contributed by atoms with van der Waals surface area (Å²) in [6.45, 7) is 2.07. The zero-order chi connectivity index (χ0) is 11.7. The van der Waals surface area contributed by atoms with Crippen LogP contribution in [-0.4, -0.2) is 10.9 Å². The van der Waals surface area contributed by atoms with Crippen molar-refractivity contribution in [2.45, 2.75) is 6.92 Å². The first-order valence-corrected chi connectivity index (χ1v) is 5.55. The number of rotatable bonds is 1. The fraction of sp³-hybridized carbons (Fsp3) is 0.0714. The van der Waals surface area contributed by atoms with Crippen LogP contribution in [0.1, 0.15) is 11.1 Å². The molecule has 0 aromatic heterocycles. The summed E-state index contributed by atoms with van der Waals surface area (Å²) in [5.41, 5.74) is 6.23. The number of hydrogen-bond acceptors (Lipinski definition) is 2. The second-order valence-corrected chi connectivity index (χ2v) is 4.07. The molecule has 84 valence electrons. The average molecular weight is 225 g/mol. The Labute approximate surface area is 99.9 Å². The van der Waals surface area contributed by atoms with Gasteiger partial charge in [-0.15, -0.1) is 0 Å². The average Bonchev–Trinajstić information content (AvgIpc) is 2.38. The van der Waals surface area contributed by atoms with Crippen LogP contribution in [0, 0.1) is 6.92 Å². The van der Waals surface area contributed by atoms with Gasteiger partial charge in [-0.3, -0.25) is 0 Å². The Bertz CT molecular complexity index is 590. The van der Waals surface area contributed by atoms with Crippen molar-refractivity contribution in [3.63, 3.8) is 0 Å². The van der Waals surface area contributed by atoms with Crippen molar-refractivity contribution < 1.29 is 9.52 Å². The van der Waals surface area contributed by atoms with Gasteiger partial charge in [-0.05, 0) is 34.9 Å².